The van der Waals surface area contributed by atoms with Crippen molar-refractivity contribution in [3.63, 3.8) is 0 Å². The Bertz CT molecular complexity index is 945. The number of rotatable bonds is 7. The second-order valence-electron chi connectivity index (χ2n) is 5.81. The molecule has 0 atom stereocenters. The highest BCUT2D eigenvalue weighted by Gasteiger charge is 2.09. The molecule has 3 rings (SSSR count). The molecule has 0 spiro atoms. The smallest absolute Gasteiger partial charge is 0.286 e. The first-order chi connectivity index (χ1) is 12.7. The zero-order valence-corrected chi connectivity index (χ0v) is 15.8. The molecule has 0 fully saturated rings. The summed E-state index contributed by atoms with van der Waals surface area (Å²) in [4.78, 5) is 17.2. The number of benzene rings is 2. The second-order valence-corrected chi connectivity index (χ2v) is 6.82. The summed E-state index contributed by atoms with van der Waals surface area (Å²) >= 11 is 1.51. The standard InChI is InChI=1S/C20H22N2O3S/c1-3-24-12-11-22-17-10-9-15(2)13-18(17)26-20(22)21-19(23)14-25-16-7-5-4-6-8-16/h4-10,13H,3,11-12,14H2,1-2H3. The van der Waals surface area contributed by atoms with Gasteiger partial charge in [-0.05, 0) is 43.7 Å². The molecule has 0 radical (unpaired) electrons. The molecular weight excluding hydrogens is 348 g/mol. The van der Waals surface area contributed by atoms with E-state index in [0.717, 1.165) is 10.2 Å². The molecule has 0 unspecified atom stereocenters. The van der Waals surface area contributed by atoms with Gasteiger partial charge in [-0.2, -0.15) is 4.99 Å². The molecule has 5 nitrogen and oxygen atoms in total. The number of aromatic nitrogens is 1. The van der Waals surface area contributed by atoms with Gasteiger partial charge in [-0.15, -0.1) is 0 Å². The second kappa shape index (κ2) is 8.78. The Labute approximate surface area is 156 Å². The van der Waals surface area contributed by atoms with E-state index in [4.69, 9.17) is 9.47 Å². The lowest BCUT2D eigenvalue weighted by Gasteiger charge is -2.06. The fourth-order valence-corrected chi connectivity index (χ4v) is 3.75. The molecule has 2 aromatic carbocycles. The van der Waals surface area contributed by atoms with E-state index < -0.39 is 0 Å². The minimum absolute atomic E-state index is 0.0806. The summed E-state index contributed by atoms with van der Waals surface area (Å²) in [6, 6.07) is 15.5. The summed E-state index contributed by atoms with van der Waals surface area (Å²) in [5, 5.41) is 0. The van der Waals surface area contributed by atoms with Crippen LogP contribution in [0, 0.1) is 6.92 Å². The van der Waals surface area contributed by atoms with Crippen LogP contribution in [0.3, 0.4) is 0 Å². The van der Waals surface area contributed by atoms with Gasteiger partial charge in [-0.1, -0.05) is 35.6 Å². The van der Waals surface area contributed by atoms with Crippen molar-refractivity contribution in [1.82, 2.24) is 4.57 Å². The summed E-state index contributed by atoms with van der Waals surface area (Å²) in [5.41, 5.74) is 2.25. The number of hydrogen-bond acceptors (Lipinski definition) is 4. The maximum absolute atomic E-state index is 12.3. The molecule has 3 aromatic rings. The van der Waals surface area contributed by atoms with Gasteiger partial charge in [0, 0.05) is 13.2 Å². The minimum Gasteiger partial charge on any atom is -0.484 e. The van der Waals surface area contributed by atoms with Gasteiger partial charge in [0.2, 0.25) is 0 Å². The van der Waals surface area contributed by atoms with Crippen molar-refractivity contribution in [2.24, 2.45) is 4.99 Å². The first kappa shape index (κ1) is 18.4. The number of thiazole rings is 1. The Hall–Kier alpha value is -2.44. The highest BCUT2D eigenvalue weighted by atomic mass is 32.1. The van der Waals surface area contributed by atoms with E-state index in [0.29, 0.717) is 30.3 Å². The monoisotopic (exact) mass is 370 g/mol. The van der Waals surface area contributed by atoms with Crippen LogP contribution in [0.15, 0.2) is 53.5 Å². The molecule has 0 saturated heterocycles. The van der Waals surface area contributed by atoms with E-state index in [1.54, 1.807) is 0 Å². The number of ether oxygens (including phenoxy) is 2. The van der Waals surface area contributed by atoms with Gasteiger partial charge >= 0.3 is 0 Å². The van der Waals surface area contributed by atoms with E-state index in [-0.39, 0.29) is 12.5 Å². The van der Waals surface area contributed by atoms with Crippen molar-refractivity contribution < 1.29 is 14.3 Å². The van der Waals surface area contributed by atoms with Gasteiger partial charge in [0.05, 0.1) is 16.8 Å². The maximum Gasteiger partial charge on any atom is 0.286 e. The number of nitrogens with zero attached hydrogens (tertiary/aromatic N) is 2. The molecule has 1 heterocycles. The van der Waals surface area contributed by atoms with Gasteiger partial charge in [0.15, 0.2) is 11.4 Å². The van der Waals surface area contributed by atoms with Crippen LogP contribution < -0.4 is 9.54 Å². The topological polar surface area (TPSA) is 52.8 Å². The summed E-state index contributed by atoms with van der Waals surface area (Å²) in [6.07, 6.45) is 0. The molecule has 6 heteroatoms. The molecule has 0 bridgehead atoms. The van der Waals surface area contributed by atoms with E-state index in [1.165, 1.54) is 16.9 Å². The number of carbonyl (C=O) groups excluding carboxylic acids is 1. The first-order valence-electron chi connectivity index (χ1n) is 8.60. The first-order valence-corrected chi connectivity index (χ1v) is 9.42. The fraction of sp³-hybridized carbons (Fsp3) is 0.300. The number of carbonyl (C=O) groups is 1. The minimum atomic E-state index is -0.303. The Morgan fingerprint density at radius 3 is 2.77 bits per heavy atom. The van der Waals surface area contributed by atoms with E-state index in [2.05, 4.69) is 30.1 Å². The van der Waals surface area contributed by atoms with E-state index in [1.807, 2.05) is 41.8 Å². The molecule has 0 aliphatic carbocycles. The van der Waals surface area contributed by atoms with Crippen molar-refractivity contribution in [3.05, 3.63) is 58.9 Å². The van der Waals surface area contributed by atoms with E-state index in [9.17, 15) is 4.79 Å². The van der Waals surface area contributed by atoms with E-state index >= 15 is 0 Å². The number of para-hydroxylation sites is 1. The van der Waals surface area contributed by atoms with Crippen LogP contribution >= 0.6 is 11.3 Å². The molecule has 1 aromatic heterocycles. The third-order valence-corrected chi connectivity index (χ3v) is 4.87. The van der Waals surface area contributed by atoms with Crippen molar-refractivity contribution in [2.45, 2.75) is 20.4 Å². The quantitative estimate of drug-likeness (QED) is 0.598. The third-order valence-electron chi connectivity index (χ3n) is 3.83. The highest BCUT2D eigenvalue weighted by Crippen LogP contribution is 2.19. The zero-order valence-electron chi connectivity index (χ0n) is 15.0. The predicted molar refractivity (Wildman–Crippen MR) is 104 cm³/mol. The Morgan fingerprint density at radius 1 is 1.19 bits per heavy atom. The number of amides is 1. The fourth-order valence-electron chi connectivity index (χ4n) is 2.58. The largest absolute Gasteiger partial charge is 0.484 e. The Kier molecular flexibility index (Phi) is 6.20. The highest BCUT2D eigenvalue weighted by molar-refractivity contribution is 7.16. The normalized spacial score (nSPS) is 11.8. The number of fused-ring (bicyclic) bond motifs is 1. The molecular formula is C20H22N2O3S. The molecule has 136 valence electrons. The lowest BCUT2D eigenvalue weighted by molar-refractivity contribution is -0.120. The maximum atomic E-state index is 12.3. The van der Waals surface area contributed by atoms with Crippen LogP contribution in [0.5, 0.6) is 5.75 Å². The molecule has 0 saturated carbocycles. The van der Waals surface area contributed by atoms with Gasteiger partial charge in [0.25, 0.3) is 5.91 Å². The lowest BCUT2D eigenvalue weighted by atomic mass is 10.2. The molecule has 0 aliphatic rings. The van der Waals surface area contributed by atoms with Gasteiger partial charge in [-0.25, -0.2) is 0 Å². The number of hydrogen-bond donors (Lipinski definition) is 0. The van der Waals surface area contributed by atoms with Gasteiger partial charge < -0.3 is 14.0 Å². The molecule has 0 N–H and O–H groups in total. The van der Waals surface area contributed by atoms with Crippen molar-refractivity contribution >= 4 is 27.5 Å². The molecule has 0 aliphatic heterocycles. The molecule has 1 amide bonds. The van der Waals surface area contributed by atoms with Crippen molar-refractivity contribution in [2.75, 3.05) is 19.8 Å². The van der Waals surface area contributed by atoms with Crippen molar-refractivity contribution in [3.8, 4) is 5.75 Å². The van der Waals surface area contributed by atoms with Crippen LogP contribution in [-0.4, -0.2) is 30.3 Å². The Morgan fingerprint density at radius 2 is 2.00 bits per heavy atom. The molecule has 26 heavy (non-hydrogen) atoms. The predicted octanol–water partition coefficient (Wildman–Crippen LogP) is 3.55. The summed E-state index contributed by atoms with van der Waals surface area (Å²) in [6.45, 7) is 5.84. The van der Waals surface area contributed by atoms with Crippen LogP contribution in [0.4, 0.5) is 0 Å². The third kappa shape index (κ3) is 4.59. The number of aryl methyl sites for hydroxylation is 1. The summed E-state index contributed by atoms with van der Waals surface area (Å²) in [7, 11) is 0. The lowest BCUT2D eigenvalue weighted by Crippen LogP contribution is -2.21. The van der Waals surface area contributed by atoms with Crippen molar-refractivity contribution in [1.29, 1.82) is 0 Å². The summed E-state index contributed by atoms with van der Waals surface area (Å²) < 4.78 is 14.1. The zero-order chi connectivity index (χ0) is 18.4. The summed E-state index contributed by atoms with van der Waals surface area (Å²) in [5.74, 6) is 0.356. The SMILES string of the molecule is CCOCCn1c(=NC(=O)COc2ccccc2)sc2cc(C)ccc21. The van der Waals surface area contributed by atoms with Crippen LogP contribution in [0.2, 0.25) is 0 Å². The van der Waals surface area contributed by atoms with Gasteiger partial charge in [0.1, 0.15) is 5.75 Å². The average Bonchev–Trinajstić information content (AvgIpc) is 2.97. The Balaban J connectivity index is 1.85. The van der Waals surface area contributed by atoms with Crippen LogP contribution in [0.25, 0.3) is 10.2 Å². The van der Waals surface area contributed by atoms with Gasteiger partial charge in [-0.3, -0.25) is 4.79 Å². The van der Waals surface area contributed by atoms with Crippen LogP contribution in [0.1, 0.15) is 12.5 Å². The average molecular weight is 370 g/mol. The van der Waals surface area contributed by atoms with Crippen LogP contribution in [-0.2, 0) is 16.1 Å².